The van der Waals surface area contributed by atoms with Crippen LogP contribution in [0.3, 0.4) is 0 Å². The lowest BCUT2D eigenvalue weighted by atomic mass is 9.83. The molecule has 2 aromatic carbocycles. The minimum atomic E-state index is -3.74. The maximum Gasteiger partial charge on any atom is 0.306 e. The van der Waals surface area contributed by atoms with Crippen LogP contribution < -0.4 is 0 Å². The van der Waals surface area contributed by atoms with Crippen molar-refractivity contribution in [1.82, 2.24) is 24.3 Å². The molecular weight excluding hydrogens is 562 g/mol. The van der Waals surface area contributed by atoms with Crippen LogP contribution in [0.25, 0.3) is 11.0 Å². The number of hydrogen-bond acceptors (Lipinski definition) is 7. The van der Waals surface area contributed by atoms with Gasteiger partial charge in [0.2, 0.25) is 10.0 Å². The Balaban J connectivity index is 1.45. The van der Waals surface area contributed by atoms with Crippen molar-refractivity contribution in [3.8, 4) is 0 Å². The maximum absolute atomic E-state index is 14.0. The Bertz CT molecular complexity index is 1800. The minimum absolute atomic E-state index is 0.178. The first-order valence-electron chi connectivity index (χ1n) is 15.2. The number of aromatic nitrogens is 4. The Morgan fingerprint density at radius 1 is 1.16 bits per heavy atom. The van der Waals surface area contributed by atoms with Crippen molar-refractivity contribution in [1.29, 1.82) is 0 Å². The maximum atomic E-state index is 14.0. The van der Waals surface area contributed by atoms with E-state index in [0.29, 0.717) is 30.2 Å². The van der Waals surface area contributed by atoms with Crippen LogP contribution in [0, 0.1) is 12.8 Å². The fourth-order valence-corrected chi connectivity index (χ4v) is 8.55. The van der Waals surface area contributed by atoms with Crippen LogP contribution in [0.15, 0.2) is 47.5 Å². The molecular formula is C33H39N5O4S. The van der Waals surface area contributed by atoms with E-state index in [1.165, 1.54) is 11.1 Å². The summed E-state index contributed by atoms with van der Waals surface area (Å²) >= 11 is 0. The largest absolute Gasteiger partial charge is 0.466 e. The summed E-state index contributed by atoms with van der Waals surface area (Å²) in [4.78, 5) is 17.7. The third-order valence-electron chi connectivity index (χ3n) is 9.20. The first kappa shape index (κ1) is 29.4. The number of rotatable bonds is 8. The number of aryl methyl sites for hydroxylation is 3. The number of benzene rings is 2. The monoisotopic (exact) mass is 601 g/mol. The Labute approximate surface area is 253 Å². The zero-order valence-corrected chi connectivity index (χ0v) is 26.2. The van der Waals surface area contributed by atoms with Crippen molar-refractivity contribution in [2.75, 3.05) is 13.2 Å². The smallest absolute Gasteiger partial charge is 0.306 e. The topological polar surface area (TPSA) is 107 Å². The van der Waals surface area contributed by atoms with Gasteiger partial charge in [-0.15, -0.1) is 5.10 Å². The summed E-state index contributed by atoms with van der Waals surface area (Å²) in [6.07, 6.45) is 6.24. The van der Waals surface area contributed by atoms with Gasteiger partial charge in [0.15, 0.2) is 0 Å². The van der Waals surface area contributed by atoms with E-state index < -0.39 is 10.0 Å². The molecule has 3 heterocycles. The summed E-state index contributed by atoms with van der Waals surface area (Å²) in [5.74, 6) is -0.359. The van der Waals surface area contributed by atoms with E-state index in [1.54, 1.807) is 27.3 Å². The molecule has 4 aromatic rings. The summed E-state index contributed by atoms with van der Waals surface area (Å²) in [5, 5.41) is 8.60. The highest BCUT2D eigenvalue weighted by Crippen LogP contribution is 2.38. The first-order chi connectivity index (χ1) is 20.7. The second kappa shape index (κ2) is 11.8. The van der Waals surface area contributed by atoms with Gasteiger partial charge >= 0.3 is 5.97 Å². The Hall–Kier alpha value is -3.63. The Kier molecular flexibility index (Phi) is 8.08. The van der Waals surface area contributed by atoms with Crippen molar-refractivity contribution < 1.29 is 17.9 Å². The van der Waals surface area contributed by atoms with Gasteiger partial charge in [0.1, 0.15) is 10.4 Å². The minimum Gasteiger partial charge on any atom is -0.466 e. The number of nitrogens with zero attached hydrogens (tertiary/aromatic N) is 5. The van der Waals surface area contributed by atoms with Gasteiger partial charge in [-0.05, 0) is 97.0 Å². The fraction of sp³-hybridized carbons (Fsp3) is 0.455. The predicted molar refractivity (Wildman–Crippen MR) is 164 cm³/mol. The summed E-state index contributed by atoms with van der Waals surface area (Å²) in [6.45, 7) is 7.00. The van der Waals surface area contributed by atoms with E-state index >= 15 is 0 Å². The number of hydrogen-bond donors (Lipinski definition) is 0. The molecule has 0 fully saturated rings. The van der Waals surface area contributed by atoms with Crippen LogP contribution in [-0.4, -0.2) is 51.8 Å². The van der Waals surface area contributed by atoms with Gasteiger partial charge in [0, 0.05) is 32.3 Å². The molecule has 0 spiro atoms. The number of fused-ring (bicyclic) bond motifs is 3. The molecule has 1 aliphatic carbocycles. The molecule has 10 heteroatoms. The number of sulfonamides is 1. The van der Waals surface area contributed by atoms with Gasteiger partial charge in [-0.3, -0.25) is 9.78 Å². The van der Waals surface area contributed by atoms with Crippen LogP contribution in [0.2, 0.25) is 0 Å². The van der Waals surface area contributed by atoms with Gasteiger partial charge in [-0.2, -0.15) is 4.31 Å². The van der Waals surface area contributed by atoms with Crippen molar-refractivity contribution in [3.63, 3.8) is 0 Å². The molecule has 0 radical (unpaired) electrons. The van der Waals surface area contributed by atoms with Crippen LogP contribution in [0.5, 0.6) is 0 Å². The molecule has 2 atom stereocenters. The standard InChI is InChI=1S/C33H39N5O4S/c1-5-22-15-29-31(11-8-14-34-29)43(40,41)38(19-22)20-25-17-24(16-23-9-7-10-27(23)25)28(18-32(39)42-6-2)26-12-13-30-33(21(26)3)35-36-37(30)4/h8,11-14,16-17,22,28H,5-7,9-10,15,18-20H2,1-4H3/t22-,28+/m0/s1. The third kappa shape index (κ3) is 5.47. The summed E-state index contributed by atoms with van der Waals surface area (Å²) in [5.41, 5.74) is 8.85. The third-order valence-corrected chi connectivity index (χ3v) is 11.1. The van der Waals surface area contributed by atoms with Crippen LogP contribution in [0.4, 0.5) is 0 Å². The van der Waals surface area contributed by atoms with Crippen molar-refractivity contribution in [3.05, 3.63) is 81.7 Å². The van der Waals surface area contributed by atoms with Crippen molar-refractivity contribution >= 4 is 27.0 Å². The lowest BCUT2D eigenvalue weighted by Gasteiger charge is -2.26. The second-order valence-electron chi connectivity index (χ2n) is 11.8. The second-order valence-corrected chi connectivity index (χ2v) is 13.7. The van der Waals surface area contributed by atoms with Crippen LogP contribution >= 0.6 is 0 Å². The molecule has 6 rings (SSSR count). The molecule has 43 heavy (non-hydrogen) atoms. The molecule has 1 aliphatic heterocycles. The van der Waals surface area contributed by atoms with E-state index in [-0.39, 0.29) is 30.8 Å². The zero-order valence-electron chi connectivity index (χ0n) is 25.3. The molecule has 226 valence electrons. The zero-order chi connectivity index (χ0) is 30.3. The van der Waals surface area contributed by atoms with E-state index in [4.69, 9.17) is 4.74 Å². The van der Waals surface area contributed by atoms with Gasteiger partial charge < -0.3 is 4.74 Å². The van der Waals surface area contributed by atoms with Crippen LogP contribution in [-0.2, 0) is 52.4 Å². The highest BCUT2D eigenvalue weighted by atomic mass is 32.2. The average molecular weight is 602 g/mol. The summed E-state index contributed by atoms with van der Waals surface area (Å²) < 4.78 is 36.9. The molecule has 2 aliphatic rings. The molecule has 2 aromatic heterocycles. The average Bonchev–Trinajstić information content (AvgIpc) is 3.60. The summed E-state index contributed by atoms with van der Waals surface area (Å²) in [6, 6.07) is 11.8. The fourth-order valence-electron chi connectivity index (χ4n) is 6.87. The molecule has 0 saturated carbocycles. The highest BCUT2D eigenvalue weighted by molar-refractivity contribution is 7.89. The predicted octanol–water partition coefficient (Wildman–Crippen LogP) is 5.02. The summed E-state index contributed by atoms with van der Waals surface area (Å²) in [7, 11) is -1.87. The molecule has 0 saturated heterocycles. The van der Waals surface area contributed by atoms with Gasteiger partial charge in [0.05, 0.1) is 24.2 Å². The van der Waals surface area contributed by atoms with E-state index in [0.717, 1.165) is 59.0 Å². The lowest BCUT2D eigenvalue weighted by Crippen LogP contribution is -2.33. The Morgan fingerprint density at radius 2 is 2.00 bits per heavy atom. The number of carbonyl (C=O) groups is 1. The van der Waals surface area contributed by atoms with E-state index in [1.807, 2.05) is 27.0 Å². The number of ether oxygens (including phenoxy) is 1. The van der Waals surface area contributed by atoms with Gasteiger partial charge in [-0.1, -0.05) is 36.8 Å². The first-order valence-corrected chi connectivity index (χ1v) is 16.7. The van der Waals surface area contributed by atoms with Crippen LogP contribution in [0.1, 0.15) is 78.1 Å². The van der Waals surface area contributed by atoms with Crippen molar-refractivity contribution in [2.45, 2.75) is 76.7 Å². The molecule has 0 bridgehead atoms. The molecule has 9 nitrogen and oxygen atoms in total. The molecule has 0 amide bonds. The number of carbonyl (C=O) groups excluding carboxylic acids is 1. The SMILES string of the molecule is CCOC(=O)C[C@H](c1cc2c(c(CN3C[C@@H](CC)Cc4ncccc4S3(=O)=O)c1)CCC2)c1ccc2c(nnn2C)c1C. The number of esters is 1. The highest BCUT2D eigenvalue weighted by Gasteiger charge is 2.35. The van der Waals surface area contributed by atoms with Gasteiger partial charge in [0.25, 0.3) is 0 Å². The number of pyridine rings is 1. The quantitative estimate of drug-likeness (QED) is 0.261. The van der Waals surface area contributed by atoms with E-state index in [9.17, 15) is 13.2 Å². The molecule has 0 N–H and O–H groups in total. The Morgan fingerprint density at radius 3 is 2.79 bits per heavy atom. The van der Waals surface area contributed by atoms with E-state index in [2.05, 4.69) is 40.4 Å². The molecule has 0 unspecified atom stereocenters. The lowest BCUT2D eigenvalue weighted by molar-refractivity contribution is -0.143. The van der Waals surface area contributed by atoms with Crippen molar-refractivity contribution in [2.24, 2.45) is 13.0 Å². The van der Waals surface area contributed by atoms with Gasteiger partial charge in [-0.25, -0.2) is 13.1 Å². The normalized spacial score (nSPS) is 18.7.